The average Bonchev–Trinajstić information content (AvgIpc) is 3.10. The van der Waals surface area contributed by atoms with E-state index in [1.807, 2.05) is 0 Å². The molecule has 132 valence electrons. The average molecular weight is 373 g/mol. The number of non-ortho nitro benzene ring substituents is 1. The third-order valence-electron chi connectivity index (χ3n) is 3.61. The number of halogens is 1. The van der Waals surface area contributed by atoms with Gasteiger partial charge in [0, 0.05) is 35.3 Å². The predicted molar refractivity (Wildman–Crippen MR) is 93.6 cm³/mol. The van der Waals surface area contributed by atoms with Crippen molar-refractivity contribution in [2.45, 2.75) is 6.54 Å². The highest BCUT2D eigenvalue weighted by molar-refractivity contribution is 6.30. The van der Waals surface area contributed by atoms with E-state index in [-0.39, 0.29) is 24.0 Å². The molecule has 1 heterocycles. The lowest BCUT2D eigenvalue weighted by Crippen LogP contribution is -2.26. The molecule has 0 saturated carbocycles. The summed E-state index contributed by atoms with van der Waals surface area (Å²) in [6, 6.07) is 12.4. The molecule has 1 amide bonds. The highest BCUT2D eigenvalue weighted by Crippen LogP contribution is 2.19. The van der Waals surface area contributed by atoms with Gasteiger partial charge < -0.3 is 9.42 Å². The van der Waals surface area contributed by atoms with Crippen LogP contribution in [0.4, 0.5) is 5.69 Å². The zero-order chi connectivity index (χ0) is 18.7. The third kappa shape index (κ3) is 3.86. The number of aromatic nitrogens is 2. The second-order valence-corrected chi connectivity index (χ2v) is 5.92. The smallest absolute Gasteiger partial charge is 0.269 e. The highest BCUT2D eigenvalue weighted by atomic mass is 35.5. The Bertz CT molecular complexity index is 938. The van der Waals surface area contributed by atoms with Crippen molar-refractivity contribution in [2.24, 2.45) is 0 Å². The van der Waals surface area contributed by atoms with E-state index in [9.17, 15) is 14.9 Å². The van der Waals surface area contributed by atoms with Crippen LogP contribution in [0.3, 0.4) is 0 Å². The van der Waals surface area contributed by atoms with Gasteiger partial charge in [-0.05, 0) is 36.4 Å². The van der Waals surface area contributed by atoms with Crippen LogP contribution in [0.15, 0.2) is 53.1 Å². The number of nitrogens with zero attached hydrogens (tertiary/aromatic N) is 4. The maximum absolute atomic E-state index is 12.4. The van der Waals surface area contributed by atoms with Crippen molar-refractivity contribution in [1.82, 2.24) is 15.0 Å². The van der Waals surface area contributed by atoms with Crippen LogP contribution in [0, 0.1) is 10.1 Å². The van der Waals surface area contributed by atoms with E-state index in [0.717, 1.165) is 5.56 Å². The molecule has 1 aromatic heterocycles. The molecule has 0 spiro atoms. The lowest BCUT2D eigenvalue weighted by atomic mass is 10.2. The van der Waals surface area contributed by atoms with Crippen LogP contribution in [-0.2, 0) is 6.54 Å². The molecule has 0 aliphatic heterocycles. The van der Waals surface area contributed by atoms with Crippen LogP contribution in [-0.4, -0.2) is 32.9 Å². The number of amides is 1. The van der Waals surface area contributed by atoms with E-state index in [0.29, 0.717) is 16.4 Å². The molecule has 0 unspecified atom stereocenters. The normalized spacial score (nSPS) is 10.5. The van der Waals surface area contributed by atoms with Crippen LogP contribution in [0.1, 0.15) is 16.2 Å². The molecule has 0 saturated heterocycles. The lowest BCUT2D eigenvalue weighted by Gasteiger charge is -2.14. The minimum absolute atomic E-state index is 0.0753. The van der Waals surface area contributed by atoms with E-state index in [1.54, 1.807) is 31.3 Å². The standard InChI is InChI=1S/C17H13ClN4O4/c1-21(17(23)12-4-8-14(9-5-12)22(24)25)10-15-19-16(20-26-15)11-2-6-13(18)7-3-11/h2-9H,10H2,1H3. The van der Waals surface area contributed by atoms with Crippen molar-refractivity contribution in [1.29, 1.82) is 0 Å². The van der Waals surface area contributed by atoms with Gasteiger partial charge in [0.2, 0.25) is 11.7 Å². The lowest BCUT2D eigenvalue weighted by molar-refractivity contribution is -0.384. The van der Waals surface area contributed by atoms with Crippen molar-refractivity contribution in [3.05, 3.63) is 75.1 Å². The minimum Gasteiger partial charge on any atom is -0.337 e. The Kier molecular flexibility index (Phi) is 4.94. The Morgan fingerprint density at radius 2 is 1.85 bits per heavy atom. The predicted octanol–water partition coefficient (Wildman–Crippen LogP) is 3.57. The number of carbonyl (C=O) groups excluding carboxylic acids is 1. The molecule has 3 rings (SSSR count). The zero-order valence-corrected chi connectivity index (χ0v) is 14.4. The molecule has 2 aromatic carbocycles. The van der Waals surface area contributed by atoms with Crippen LogP contribution >= 0.6 is 11.6 Å². The summed E-state index contributed by atoms with van der Waals surface area (Å²) >= 11 is 5.85. The Morgan fingerprint density at radius 1 is 1.19 bits per heavy atom. The van der Waals surface area contributed by atoms with Gasteiger partial charge in [-0.15, -0.1) is 0 Å². The largest absolute Gasteiger partial charge is 0.337 e. The van der Waals surface area contributed by atoms with Crippen molar-refractivity contribution < 1.29 is 14.2 Å². The van der Waals surface area contributed by atoms with Crippen LogP contribution in [0.25, 0.3) is 11.4 Å². The van der Waals surface area contributed by atoms with E-state index < -0.39 is 4.92 Å². The van der Waals surface area contributed by atoms with Crippen LogP contribution < -0.4 is 0 Å². The monoisotopic (exact) mass is 372 g/mol. The first-order valence-corrected chi connectivity index (χ1v) is 7.90. The van der Waals surface area contributed by atoms with Crippen LogP contribution in [0.2, 0.25) is 5.02 Å². The van der Waals surface area contributed by atoms with Gasteiger partial charge in [-0.1, -0.05) is 16.8 Å². The first-order chi connectivity index (χ1) is 12.4. The van der Waals surface area contributed by atoms with Crippen molar-refractivity contribution in [3.8, 4) is 11.4 Å². The summed E-state index contributed by atoms with van der Waals surface area (Å²) in [7, 11) is 1.58. The molecule has 0 fully saturated rings. The number of carbonyl (C=O) groups is 1. The molecule has 0 bridgehead atoms. The summed E-state index contributed by atoms with van der Waals surface area (Å²) in [6.45, 7) is 0.108. The summed E-state index contributed by atoms with van der Waals surface area (Å²) < 4.78 is 5.18. The molecule has 9 heteroatoms. The SMILES string of the molecule is CN(Cc1nc(-c2ccc(Cl)cc2)no1)C(=O)c1ccc([N+](=O)[O-])cc1. The van der Waals surface area contributed by atoms with Gasteiger partial charge in [-0.3, -0.25) is 14.9 Å². The van der Waals surface area contributed by atoms with Gasteiger partial charge >= 0.3 is 0 Å². The van der Waals surface area contributed by atoms with E-state index in [2.05, 4.69) is 10.1 Å². The highest BCUT2D eigenvalue weighted by Gasteiger charge is 2.17. The fourth-order valence-electron chi connectivity index (χ4n) is 2.26. The number of hydrogen-bond acceptors (Lipinski definition) is 6. The number of benzene rings is 2. The molecular weight excluding hydrogens is 360 g/mol. The molecule has 8 nitrogen and oxygen atoms in total. The van der Waals surface area contributed by atoms with Crippen molar-refractivity contribution in [2.75, 3.05) is 7.05 Å². The van der Waals surface area contributed by atoms with Crippen molar-refractivity contribution >= 4 is 23.2 Å². The molecule has 0 aliphatic rings. The molecule has 26 heavy (non-hydrogen) atoms. The maximum atomic E-state index is 12.4. The Labute approximate surface area is 153 Å². The Balaban J connectivity index is 1.69. The number of nitro benzene ring substituents is 1. The number of hydrogen-bond donors (Lipinski definition) is 0. The molecule has 3 aromatic rings. The van der Waals surface area contributed by atoms with Crippen LogP contribution in [0.5, 0.6) is 0 Å². The Hall–Kier alpha value is -3.26. The van der Waals surface area contributed by atoms with Crippen molar-refractivity contribution in [3.63, 3.8) is 0 Å². The van der Waals surface area contributed by atoms with Gasteiger partial charge in [0.15, 0.2) is 0 Å². The first-order valence-electron chi connectivity index (χ1n) is 7.52. The third-order valence-corrected chi connectivity index (χ3v) is 3.87. The fraction of sp³-hybridized carbons (Fsp3) is 0.118. The minimum atomic E-state index is -0.519. The maximum Gasteiger partial charge on any atom is 0.269 e. The molecule has 0 N–H and O–H groups in total. The Morgan fingerprint density at radius 3 is 2.46 bits per heavy atom. The summed E-state index contributed by atoms with van der Waals surface area (Å²) in [5.74, 6) is 0.353. The topological polar surface area (TPSA) is 102 Å². The summed E-state index contributed by atoms with van der Waals surface area (Å²) in [5, 5.41) is 15.2. The second-order valence-electron chi connectivity index (χ2n) is 5.48. The summed E-state index contributed by atoms with van der Waals surface area (Å²) in [5.41, 5.74) is 0.998. The van der Waals surface area contributed by atoms with Gasteiger partial charge in [0.05, 0.1) is 11.5 Å². The van der Waals surface area contributed by atoms with Gasteiger partial charge in [0.1, 0.15) is 0 Å². The molecule has 0 aliphatic carbocycles. The summed E-state index contributed by atoms with van der Waals surface area (Å²) in [6.07, 6.45) is 0. The van der Waals surface area contributed by atoms with Gasteiger partial charge in [0.25, 0.3) is 11.6 Å². The van der Waals surface area contributed by atoms with E-state index in [1.165, 1.54) is 29.2 Å². The molecule has 0 radical (unpaired) electrons. The van der Waals surface area contributed by atoms with E-state index in [4.69, 9.17) is 16.1 Å². The molecular formula is C17H13ClN4O4. The summed E-state index contributed by atoms with van der Waals surface area (Å²) in [4.78, 5) is 28.2. The number of nitro groups is 1. The quantitative estimate of drug-likeness (QED) is 0.501. The van der Waals surface area contributed by atoms with E-state index >= 15 is 0 Å². The fourth-order valence-corrected chi connectivity index (χ4v) is 2.38. The van der Waals surface area contributed by atoms with Gasteiger partial charge in [-0.25, -0.2) is 0 Å². The van der Waals surface area contributed by atoms with Gasteiger partial charge in [-0.2, -0.15) is 4.98 Å². The zero-order valence-electron chi connectivity index (χ0n) is 13.6. The number of rotatable bonds is 5. The first kappa shape index (κ1) is 17.6. The second kappa shape index (κ2) is 7.32. The molecule has 0 atom stereocenters.